The first-order valence-corrected chi connectivity index (χ1v) is 5.97. The van der Waals surface area contributed by atoms with Gasteiger partial charge in [0.1, 0.15) is 5.82 Å². The molecule has 2 rings (SSSR count). The molecule has 0 amide bonds. The van der Waals surface area contributed by atoms with Gasteiger partial charge in [-0.3, -0.25) is 10.1 Å². The molecule has 0 unspecified atom stereocenters. The van der Waals surface area contributed by atoms with E-state index in [0.717, 1.165) is 6.07 Å². The number of hydrogen-bond donors (Lipinski definition) is 2. The molecule has 6 nitrogen and oxygen atoms in total. The second kappa shape index (κ2) is 6.00. The predicted octanol–water partition coefficient (Wildman–Crippen LogP) is 3.04. The Morgan fingerprint density at radius 2 is 2.05 bits per heavy atom. The molecule has 0 aromatic heterocycles. The van der Waals surface area contributed by atoms with Crippen molar-refractivity contribution >= 4 is 17.3 Å². The number of benzene rings is 2. The zero-order chi connectivity index (χ0) is 15.4. The fourth-order valence-corrected chi connectivity index (χ4v) is 1.82. The van der Waals surface area contributed by atoms with Gasteiger partial charge in [-0.15, -0.1) is 0 Å². The topological polar surface area (TPSA) is 92.5 Å². The summed E-state index contributed by atoms with van der Waals surface area (Å²) in [6.45, 7) is 0.204. The molecule has 7 heteroatoms. The molecule has 0 saturated heterocycles. The number of non-ortho nitro benzene ring substituents is 1. The molecular weight excluding hydrogens is 279 g/mol. The van der Waals surface area contributed by atoms with Crippen LogP contribution in [0.4, 0.5) is 15.8 Å². The summed E-state index contributed by atoms with van der Waals surface area (Å²) < 4.78 is 13.0. The first kappa shape index (κ1) is 14.4. The van der Waals surface area contributed by atoms with Crippen LogP contribution in [-0.2, 0) is 6.54 Å². The van der Waals surface area contributed by atoms with Gasteiger partial charge in [-0.25, -0.2) is 9.18 Å². The lowest BCUT2D eigenvalue weighted by Gasteiger charge is -2.09. The Labute approximate surface area is 119 Å². The van der Waals surface area contributed by atoms with Crippen LogP contribution in [0.1, 0.15) is 15.9 Å². The maximum atomic E-state index is 13.0. The summed E-state index contributed by atoms with van der Waals surface area (Å²) in [5.41, 5.74) is 0.353. The number of carboxylic acids is 1. The van der Waals surface area contributed by atoms with Gasteiger partial charge in [-0.2, -0.15) is 0 Å². The third-order valence-electron chi connectivity index (χ3n) is 2.82. The number of carboxylic acid groups (broad SMARTS) is 1. The van der Waals surface area contributed by atoms with E-state index in [2.05, 4.69) is 5.32 Å². The molecule has 0 aliphatic carbocycles. The van der Waals surface area contributed by atoms with Gasteiger partial charge in [0.15, 0.2) is 0 Å². The van der Waals surface area contributed by atoms with Crippen molar-refractivity contribution in [1.82, 2.24) is 0 Å². The molecule has 0 saturated carbocycles. The normalized spacial score (nSPS) is 10.1. The van der Waals surface area contributed by atoms with Crippen LogP contribution in [-0.4, -0.2) is 16.0 Å². The number of carbonyl (C=O) groups is 1. The molecule has 0 radical (unpaired) electrons. The molecule has 0 spiro atoms. The smallest absolute Gasteiger partial charge is 0.338 e. The van der Waals surface area contributed by atoms with Crippen LogP contribution in [0.25, 0.3) is 0 Å². The number of halogens is 1. The number of rotatable bonds is 5. The van der Waals surface area contributed by atoms with E-state index >= 15 is 0 Å². The minimum absolute atomic E-state index is 0.204. The van der Waals surface area contributed by atoms with Crippen molar-refractivity contribution in [2.45, 2.75) is 6.54 Å². The Balaban J connectivity index is 2.23. The van der Waals surface area contributed by atoms with Crippen molar-refractivity contribution in [3.8, 4) is 0 Å². The van der Waals surface area contributed by atoms with Gasteiger partial charge >= 0.3 is 5.97 Å². The summed E-state index contributed by atoms with van der Waals surface area (Å²) in [4.78, 5) is 21.1. The maximum Gasteiger partial charge on any atom is 0.338 e. The highest BCUT2D eigenvalue weighted by Gasteiger charge is 2.15. The van der Waals surface area contributed by atoms with Crippen molar-refractivity contribution in [3.05, 3.63) is 69.5 Å². The number of nitrogens with zero attached hydrogens (tertiary/aromatic N) is 1. The fourth-order valence-electron chi connectivity index (χ4n) is 1.82. The standard InChI is InChI=1S/C14H11FN2O4/c15-10-3-1-2-9(6-10)8-16-13-5-4-11(17(20)21)7-12(13)14(18)19/h1-7,16H,8H2,(H,18,19). The molecule has 0 aliphatic rings. The first-order valence-electron chi connectivity index (χ1n) is 5.97. The predicted molar refractivity (Wildman–Crippen MR) is 73.8 cm³/mol. The average molecular weight is 290 g/mol. The monoisotopic (exact) mass is 290 g/mol. The van der Waals surface area contributed by atoms with E-state index in [0.29, 0.717) is 5.56 Å². The van der Waals surface area contributed by atoms with E-state index in [1.54, 1.807) is 12.1 Å². The molecular formula is C14H11FN2O4. The third-order valence-corrected chi connectivity index (χ3v) is 2.82. The number of nitro benzene ring substituents is 1. The molecule has 0 heterocycles. The van der Waals surface area contributed by atoms with Crippen molar-refractivity contribution in [3.63, 3.8) is 0 Å². The van der Waals surface area contributed by atoms with Crippen LogP contribution in [0, 0.1) is 15.9 Å². The molecule has 0 bridgehead atoms. The van der Waals surface area contributed by atoms with E-state index in [-0.39, 0.29) is 23.5 Å². The summed E-state index contributed by atoms with van der Waals surface area (Å²) in [7, 11) is 0. The molecule has 0 fully saturated rings. The molecule has 0 aliphatic heterocycles. The van der Waals surface area contributed by atoms with E-state index in [4.69, 9.17) is 5.11 Å². The molecule has 2 aromatic rings. The quantitative estimate of drug-likeness (QED) is 0.652. The lowest BCUT2D eigenvalue weighted by molar-refractivity contribution is -0.384. The van der Waals surface area contributed by atoms with E-state index in [1.165, 1.54) is 24.3 Å². The highest BCUT2D eigenvalue weighted by Crippen LogP contribution is 2.22. The minimum atomic E-state index is -1.28. The van der Waals surface area contributed by atoms with Crippen LogP contribution in [0.2, 0.25) is 0 Å². The molecule has 2 N–H and O–H groups in total. The fraction of sp³-hybridized carbons (Fsp3) is 0.0714. The average Bonchev–Trinajstić information content (AvgIpc) is 2.44. The highest BCUT2D eigenvalue weighted by atomic mass is 19.1. The van der Waals surface area contributed by atoms with Gasteiger partial charge in [0, 0.05) is 24.4 Å². The maximum absolute atomic E-state index is 13.0. The van der Waals surface area contributed by atoms with Crippen LogP contribution >= 0.6 is 0 Å². The Morgan fingerprint density at radius 3 is 2.67 bits per heavy atom. The molecule has 108 valence electrons. The minimum Gasteiger partial charge on any atom is -0.478 e. The zero-order valence-electron chi connectivity index (χ0n) is 10.7. The Hall–Kier alpha value is -2.96. The second-order valence-electron chi connectivity index (χ2n) is 4.28. The molecule has 2 aromatic carbocycles. The first-order chi connectivity index (χ1) is 9.97. The third kappa shape index (κ3) is 3.53. The van der Waals surface area contributed by atoms with Crippen LogP contribution < -0.4 is 5.32 Å². The van der Waals surface area contributed by atoms with Gasteiger partial charge < -0.3 is 10.4 Å². The summed E-state index contributed by atoms with van der Waals surface area (Å²) in [5.74, 6) is -1.67. The Kier molecular flexibility index (Phi) is 4.13. The van der Waals surface area contributed by atoms with Crippen molar-refractivity contribution < 1.29 is 19.2 Å². The van der Waals surface area contributed by atoms with Crippen molar-refractivity contribution in [1.29, 1.82) is 0 Å². The highest BCUT2D eigenvalue weighted by molar-refractivity contribution is 5.95. The number of aromatic carboxylic acids is 1. The lowest BCUT2D eigenvalue weighted by atomic mass is 10.1. The number of nitrogens with one attached hydrogen (secondary N) is 1. The van der Waals surface area contributed by atoms with Crippen LogP contribution in [0.15, 0.2) is 42.5 Å². The Morgan fingerprint density at radius 1 is 1.29 bits per heavy atom. The van der Waals surface area contributed by atoms with Crippen LogP contribution in [0.3, 0.4) is 0 Å². The van der Waals surface area contributed by atoms with Gasteiger partial charge in [0.05, 0.1) is 10.5 Å². The Bertz CT molecular complexity index is 703. The summed E-state index contributed by atoms with van der Waals surface area (Å²) in [5, 5.41) is 22.6. The summed E-state index contributed by atoms with van der Waals surface area (Å²) in [6, 6.07) is 9.36. The van der Waals surface area contributed by atoms with E-state index in [9.17, 15) is 19.3 Å². The summed E-state index contributed by atoms with van der Waals surface area (Å²) in [6.07, 6.45) is 0. The van der Waals surface area contributed by atoms with Gasteiger partial charge in [0.25, 0.3) is 5.69 Å². The largest absolute Gasteiger partial charge is 0.478 e. The lowest BCUT2D eigenvalue weighted by Crippen LogP contribution is -2.07. The van der Waals surface area contributed by atoms with Crippen molar-refractivity contribution in [2.24, 2.45) is 0 Å². The van der Waals surface area contributed by atoms with Gasteiger partial charge in [0.2, 0.25) is 0 Å². The number of nitro groups is 1. The zero-order valence-corrected chi connectivity index (χ0v) is 10.7. The van der Waals surface area contributed by atoms with Gasteiger partial charge in [-0.1, -0.05) is 12.1 Å². The molecule has 0 atom stereocenters. The van der Waals surface area contributed by atoms with E-state index < -0.39 is 16.7 Å². The van der Waals surface area contributed by atoms with Crippen molar-refractivity contribution in [2.75, 3.05) is 5.32 Å². The van der Waals surface area contributed by atoms with Crippen LogP contribution in [0.5, 0.6) is 0 Å². The summed E-state index contributed by atoms with van der Waals surface area (Å²) >= 11 is 0. The van der Waals surface area contributed by atoms with E-state index in [1.807, 2.05) is 0 Å². The second-order valence-corrected chi connectivity index (χ2v) is 4.28. The SMILES string of the molecule is O=C(O)c1cc([N+](=O)[O-])ccc1NCc1cccc(F)c1. The number of hydrogen-bond acceptors (Lipinski definition) is 4. The number of anilines is 1. The van der Waals surface area contributed by atoms with Gasteiger partial charge in [-0.05, 0) is 23.8 Å². The molecule has 21 heavy (non-hydrogen) atoms.